The van der Waals surface area contributed by atoms with Crippen molar-refractivity contribution in [2.24, 2.45) is 28.8 Å². The third-order valence-electron chi connectivity index (χ3n) is 16.1. The number of phenolic OH excluding ortho intramolecular Hbond substituents is 1. The maximum Gasteiger partial charge on any atom is 0.341 e. The number of nitrogens with zero attached hydrogens (tertiary/aromatic N) is 4. The number of allylic oxidation sites excluding steroid dienone is 4. The highest BCUT2D eigenvalue weighted by Gasteiger charge is 2.51. The first-order valence-corrected chi connectivity index (χ1v) is 26.7. The van der Waals surface area contributed by atoms with E-state index in [1.54, 1.807) is 44.4 Å². The number of amides is 1. The Kier molecular flexibility index (Phi) is 17.2. The summed E-state index contributed by atoms with van der Waals surface area (Å²) in [5.74, 6) is -10.2. The van der Waals surface area contributed by atoms with Crippen LogP contribution in [0.15, 0.2) is 70.1 Å². The second kappa shape index (κ2) is 23.4. The molecule has 2 fully saturated rings. The molecule has 22 heteroatoms. The number of ether oxygens (including phenoxy) is 5. The maximum atomic E-state index is 16.3. The zero-order valence-electron chi connectivity index (χ0n) is 46.7. The number of carboxylic acid groups (broad SMARTS) is 1. The molecule has 5 heterocycles. The van der Waals surface area contributed by atoms with Crippen molar-refractivity contribution in [2.75, 3.05) is 51.9 Å². The van der Waals surface area contributed by atoms with Gasteiger partial charge in [-0.25, -0.2) is 9.18 Å². The fourth-order valence-corrected chi connectivity index (χ4v) is 11.3. The van der Waals surface area contributed by atoms with Gasteiger partial charge in [-0.1, -0.05) is 51.1 Å². The molecule has 5 N–H and O–H groups in total. The molecule has 21 nitrogen and oxygen atoms in total. The summed E-state index contributed by atoms with van der Waals surface area (Å²) in [6.07, 6.45) is 7.16. The Labute approximate surface area is 461 Å². The highest BCUT2D eigenvalue weighted by molar-refractivity contribution is 6.31. The smallest absolute Gasteiger partial charge is 0.341 e. The highest BCUT2D eigenvalue weighted by Crippen LogP contribution is 2.49. The van der Waals surface area contributed by atoms with Crippen molar-refractivity contribution in [3.05, 3.63) is 104 Å². The number of ketones is 2. The lowest BCUT2D eigenvalue weighted by atomic mass is 9.78. The number of carbonyl (C=O) groups excluding carboxylic acids is 4. The van der Waals surface area contributed by atoms with E-state index in [4.69, 9.17) is 28.5 Å². The molecule has 3 aromatic rings. The van der Waals surface area contributed by atoms with Crippen LogP contribution >= 0.6 is 0 Å². The number of hydrogen-bond acceptors (Lipinski definition) is 18. The van der Waals surface area contributed by atoms with Crippen molar-refractivity contribution in [2.45, 2.75) is 117 Å². The maximum absolute atomic E-state index is 16.3. The van der Waals surface area contributed by atoms with Crippen molar-refractivity contribution < 1.29 is 77.3 Å². The lowest BCUT2D eigenvalue weighted by molar-refractivity contribution is -0.160. The van der Waals surface area contributed by atoms with Gasteiger partial charge < -0.3 is 63.7 Å². The number of esters is 1. The lowest BCUT2D eigenvalue weighted by Crippen LogP contribution is -2.53. The van der Waals surface area contributed by atoms with Crippen LogP contribution in [-0.4, -0.2) is 148 Å². The van der Waals surface area contributed by atoms with E-state index in [2.05, 4.69) is 15.4 Å². The molecule has 1 saturated carbocycles. The number of pyridine rings is 1. The summed E-state index contributed by atoms with van der Waals surface area (Å²) in [5, 5.41) is 51.5. The number of methoxy groups -OCH3 is 2. The normalized spacial score (nSPS) is 29.7. The van der Waals surface area contributed by atoms with Crippen molar-refractivity contribution in [1.82, 2.24) is 14.8 Å². The van der Waals surface area contributed by atoms with Crippen LogP contribution in [0.5, 0.6) is 17.2 Å². The number of phenols is 1. The molecular weight excluding hydrogens is 1040 g/mol. The zero-order valence-corrected chi connectivity index (χ0v) is 46.7. The quantitative estimate of drug-likeness (QED) is 0.0901. The average Bonchev–Trinajstić information content (AvgIpc) is 4.30. The number of halogens is 1. The Bertz CT molecular complexity index is 3230. The van der Waals surface area contributed by atoms with Crippen LogP contribution in [0.3, 0.4) is 0 Å². The number of rotatable bonds is 10. The van der Waals surface area contributed by atoms with Gasteiger partial charge in [0, 0.05) is 106 Å². The first-order valence-electron chi connectivity index (χ1n) is 26.7. The first kappa shape index (κ1) is 58.7. The highest BCUT2D eigenvalue weighted by atomic mass is 19.1. The molecule has 4 aliphatic heterocycles. The van der Waals surface area contributed by atoms with E-state index in [0.717, 1.165) is 25.0 Å². The van der Waals surface area contributed by atoms with Gasteiger partial charge in [-0.3, -0.25) is 28.9 Å². The number of aromatic carboxylic acids is 1. The number of benzene rings is 2. The molecule has 1 amide bonds. The van der Waals surface area contributed by atoms with Crippen molar-refractivity contribution >= 4 is 51.7 Å². The van der Waals surface area contributed by atoms with Gasteiger partial charge in [-0.2, -0.15) is 0 Å². The van der Waals surface area contributed by atoms with Gasteiger partial charge in [-0.15, -0.1) is 0 Å². The van der Waals surface area contributed by atoms with Crippen LogP contribution in [0.4, 0.5) is 10.1 Å². The van der Waals surface area contributed by atoms with Gasteiger partial charge >= 0.3 is 11.9 Å². The molecule has 0 radical (unpaired) electrons. The van der Waals surface area contributed by atoms with E-state index in [0.29, 0.717) is 25.2 Å². The molecule has 6 aliphatic rings. The Balaban J connectivity index is 1.11. The number of carboxylic acids is 1. The molecule has 2 aliphatic carbocycles. The number of fused-ring (bicyclic) bond motifs is 15. The van der Waals surface area contributed by atoms with E-state index in [9.17, 15) is 49.2 Å². The van der Waals surface area contributed by atoms with Crippen LogP contribution < -0.4 is 25.1 Å². The second-order valence-corrected chi connectivity index (χ2v) is 21.6. The zero-order chi connectivity index (χ0) is 58.4. The Morgan fingerprint density at radius 1 is 0.963 bits per heavy atom. The number of aliphatic hydroxyl groups is 2. The number of Topliss-reactive ketones (excluding diaryl/α,β-unsaturated/α-hetero) is 1. The average molecular weight is 1110 g/mol. The summed E-state index contributed by atoms with van der Waals surface area (Å²) in [6, 6.07) is 0.793. The minimum absolute atomic E-state index is 0.0127. The third kappa shape index (κ3) is 11.1. The van der Waals surface area contributed by atoms with Gasteiger partial charge in [0.1, 0.15) is 35.5 Å². The minimum atomic E-state index is -1.93. The van der Waals surface area contributed by atoms with E-state index in [1.807, 2.05) is 11.8 Å². The Hall–Kier alpha value is -7.40. The van der Waals surface area contributed by atoms with E-state index in [-0.39, 0.29) is 75.8 Å². The molecule has 80 heavy (non-hydrogen) atoms. The minimum Gasteiger partial charge on any atom is -0.507 e. The van der Waals surface area contributed by atoms with Gasteiger partial charge in [-0.05, 0) is 45.8 Å². The standard InChI is InChI=1S/C58H70FN5O16/c1-27-13-12-14-28(2)56(72)60-39-24-40(66)42-43(51(39)71)49(69)33(7)53-44(42)55(58(9,80-53)77-21-17-41(75-10)30(4)52(79-34(8)65)32(6)48(68)31(5)47(27)67)61-78-22-20-62-18-19-63(25-29(62)3)46-38(59)23-36-45(54(46)76-11)64(35-15-16-35)26-37(50(36)70)57(73)74/h12-14,17,21,23-24,26-27,29-32,35,41,47-48,52,67-69H,15-16,18-20,22,25H2,1-11H3,(H,60,72)(H,73,74)/b13-12+,21-17+,28-14-,61-55-/t27-,29?,30-,31-,32-,41+,47+,48+,52-,58+/m1/s1. The van der Waals surface area contributed by atoms with Crippen molar-refractivity contribution in [3.63, 3.8) is 0 Å². The molecule has 430 valence electrons. The predicted octanol–water partition coefficient (Wildman–Crippen LogP) is 5.87. The monoisotopic (exact) mass is 1110 g/mol. The Morgan fingerprint density at radius 2 is 1.68 bits per heavy atom. The number of aliphatic hydroxyl groups excluding tert-OH is 2. The number of oxime groups is 1. The van der Waals surface area contributed by atoms with Gasteiger partial charge in [0.05, 0.1) is 65.0 Å². The number of carbonyl (C=O) groups is 5. The SMILES string of the molecule is COc1c(N2CCN(CCO/N=C3/c4c5c(C)c(O)c6c4C(=O)C=C(NC(=O)/C(C)=C\C=C\[C@@H](C)[C@H](O)[C@@H](C)[C@H](O)[C@@H](C)[C@H](OC(C)=O)[C@H](C)[C@@H](OC)/C=C/O[C@@]3(C)O5)C6=O)C(C)C2)c(F)cc2c(=O)c(C(=O)O)cn(C3CC3)c12. The molecule has 5 bridgehead atoms. The van der Waals surface area contributed by atoms with Gasteiger partial charge in [0.25, 0.3) is 11.7 Å². The number of hydrogen-bond donors (Lipinski definition) is 5. The molecule has 10 atom stereocenters. The summed E-state index contributed by atoms with van der Waals surface area (Å²) >= 11 is 0. The van der Waals surface area contributed by atoms with Crippen LogP contribution in [0.2, 0.25) is 0 Å². The molecule has 2 aromatic carbocycles. The van der Waals surface area contributed by atoms with Crippen LogP contribution in [0.25, 0.3) is 10.9 Å². The van der Waals surface area contributed by atoms with Crippen LogP contribution in [0.1, 0.15) is 116 Å². The summed E-state index contributed by atoms with van der Waals surface area (Å²) in [5.41, 5.74) is -1.84. The predicted molar refractivity (Wildman–Crippen MR) is 291 cm³/mol. The number of anilines is 1. The van der Waals surface area contributed by atoms with E-state index >= 15 is 4.39 Å². The first-order chi connectivity index (χ1) is 37.8. The van der Waals surface area contributed by atoms with Gasteiger partial charge in [0.15, 0.2) is 23.1 Å². The van der Waals surface area contributed by atoms with Crippen LogP contribution in [-0.2, 0) is 28.6 Å². The van der Waals surface area contributed by atoms with Crippen molar-refractivity contribution in [3.8, 4) is 17.2 Å². The third-order valence-corrected chi connectivity index (χ3v) is 16.1. The van der Waals surface area contributed by atoms with E-state index < -0.39 is 117 Å². The summed E-state index contributed by atoms with van der Waals surface area (Å²) in [7, 11) is 2.82. The molecule has 0 spiro atoms. The molecule has 9 rings (SSSR count). The molecule has 1 unspecified atom stereocenters. The number of nitrogens with one attached hydrogen (secondary N) is 1. The molecular formula is C58H70FN5O16. The fraction of sp³-hybridized carbons (Fsp3) is 0.500. The fourth-order valence-electron chi connectivity index (χ4n) is 11.3. The summed E-state index contributed by atoms with van der Waals surface area (Å²) < 4.78 is 48.4. The van der Waals surface area contributed by atoms with E-state index in [1.165, 1.54) is 66.5 Å². The summed E-state index contributed by atoms with van der Waals surface area (Å²) in [4.78, 5) is 90.2. The van der Waals surface area contributed by atoms with Crippen LogP contribution in [0, 0.1) is 36.4 Å². The number of aromatic hydroxyl groups is 1. The second-order valence-electron chi connectivity index (χ2n) is 21.6. The molecule has 1 saturated heterocycles. The summed E-state index contributed by atoms with van der Waals surface area (Å²) in [6.45, 7) is 15.8. The Morgan fingerprint density at radius 3 is 2.31 bits per heavy atom. The molecule has 1 aromatic heterocycles. The van der Waals surface area contributed by atoms with Crippen molar-refractivity contribution in [1.29, 1.82) is 0 Å². The van der Waals surface area contributed by atoms with Gasteiger partial charge in [0.2, 0.25) is 11.2 Å². The number of piperazine rings is 1. The largest absolute Gasteiger partial charge is 0.507 e. The topological polar surface area (TPSA) is 275 Å². The lowest BCUT2D eigenvalue weighted by Gasteiger charge is -2.41. The number of aromatic nitrogens is 1.